The van der Waals surface area contributed by atoms with E-state index in [1.54, 1.807) is 24.3 Å². The molecule has 3 aromatic rings. The van der Waals surface area contributed by atoms with Crippen molar-refractivity contribution in [2.75, 3.05) is 6.61 Å². The quantitative estimate of drug-likeness (QED) is 0.608. The van der Waals surface area contributed by atoms with E-state index in [1.807, 2.05) is 51.1 Å². The van der Waals surface area contributed by atoms with E-state index in [0.29, 0.717) is 10.8 Å². The van der Waals surface area contributed by atoms with Crippen LogP contribution in [0.5, 0.6) is 0 Å². The number of carbonyl (C=O) groups is 2. The minimum Gasteiger partial charge on any atom is -0.451 e. The Kier molecular flexibility index (Phi) is 6.61. The second-order valence-electron chi connectivity index (χ2n) is 7.52. The highest BCUT2D eigenvalue weighted by atomic mass is 16.5. The molecule has 0 aliphatic rings. The lowest BCUT2D eigenvalue weighted by Gasteiger charge is -2.17. The number of amides is 1. The average Bonchev–Trinajstić information content (AvgIpc) is 2.74. The van der Waals surface area contributed by atoms with E-state index in [4.69, 9.17) is 4.74 Å². The number of esters is 1. The van der Waals surface area contributed by atoms with Gasteiger partial charge in [0.1, 0.15) is 0 Å². The molecule has 1 amide bonds. The van der Waals surface area contributed by atoms with Crippen molar-refractivity contribution in [2.24, 2.45) is 5.92 Å². The minimum absolute atomic E-state index is 0.00541. The van der Waals surface area contributed by atoms with Crippen LogP contribution in [-0.2, 0) is 16.1 Å². The maximum atomic E-state index is 12.8. The summed E-state index contributed by atoms with van der Waals surface area (Å²) in [6.45, 7) is 5.67. The third-order valence-electron chi connectivity index (χ3n) is 4.96. The van der Waals surface area contributed by atoms with Crippen LogP contribution in [0, 0.1) is 5.92 Å². The summed E-state index contributed by atoms with van der Waals surface area (Å²) in [7, 11) is 0. The maximum Gasteiger partial charge on any atom is 0.359 e. The van der Waals surface area contributed by atoms with E-state index in [2.05, 4.69) is 10.4 Å². The van der Waals surface area contributed by atoms with Gasteiger partial charge < -0.3 is 10.1 Å². The SMILES string of the molecule is CC(C)[C@H](C)NC(=O)COC(=O)c1nn(Cc2ccccc2)c(=O)c2ccccc12. The summed E-state index contributed by atoms with van der Waals surface area (Å²) >= 11 is 0. The van der Waals surface area contributed by atoms with Gasteiger partial charge in [0.15, 0.2) is 12.3 Å². The monoisotopic (exact) mass is 407 g/mol. The van der Waals surface area contributed by atoms with E-state index in [-0.39, 0.29) is 35.7 Å². The van der Waals surface area contributed by atoms with Gasteiger partial charge in [0.2, 0.25) is 0 Å². The van der Waals surface area contributed by atoms with Crippen LogP contribution in [-0.4, -0.2) is 34.3 Å². The molecule has 1 atom stereocenters. The van der Waals surface area contributed by atoms with Crippen LogP contribution in [0.3, 0.4) is 0 Å². The Balaban J connectivity index is 1.87. The highest BCUT2D eigenvalue weighted by molar-refractivity contribution is 6.02. The molecule has 0 bridgehead atoms. The molecule has 7 nitrogen and oxygen atoms in total. The first-order valence-corrected chi connectivity index (χ1v) is 9.87. The van der Waals surface area contributed by atoms with Crippen molar-refractivity contribution in [3.63, 3.8) is 0 Å². The smallest absolute Gasteiger partial charge is 0.359 e. The Bertz CT molecular complexity index is 1110. The molecule has 1 N–H and O–H groups in total. The summed E-state index contributed by atoms with van der Waals surface area (Å²) in [5.74, 6) is -0.872. The van der Waals surface area contributed by atoms with Crippen molar-refractivity contribution < 1.29 is 14.3 Å². The molecule has 7 heteroatoms. The molecule has 30 heavy (non-hydrogen) atoms. The van der Waals surface area contributed by atoms with Crippen LogP contribution in [0.25, 0.3) is 10.8 Å². The molecule has 0 unspecified atom stereocenters. The fraction of sp³-hybridized carbons (Fsp3) is 0.304. The van der Waals surface area contributed by atoms with Gasteiger partial charge in [-0.3, -0.25) is 9.59 Å². The Morgan fingerprint density at radius 1 is 1.00 bits per heavy atom. The van der Waals surface area contributed by atoms with Gasteiger partial charge in [0.25, 0.3) is 11.5 Å². The highest BCUT2D eigenvalue weighted by Crippen LogP contribution is 2.15. The molecule has 0 saturated heterocycles. The van der Waals surface area contributed by atoms with Crippen LogP contribution < -0.4 is 10.9 Å². The van der Waals surface area contributed by atoms with Crippen molar-refractivity contribution in [1.82, 2.24) is 15.1 Å². The lowest BCUT2D eigenvalue weighted by molar-refractivity contribution is -0.125. The van der Waals surface area contributed by atoms with Crippen LogP contribution in [0.2, 0.25) is 0 Å². The molecule has 0 aliphatic heterocycles. The summed E-state index contributed by atoms with van der Waals surface area (Å²) in [6.07, 6.45) is 0. The fourth-order valence-corrected chi connectivity index (χ4v) is 2.91. The zero-order valence-electron chi connectivity index (χ0n) is 17.3. The lowest BCUT2D eigenvalue weighted by Crippen LogP contribution is -2.38. The zero-order valence-corrected chi connectivity index (χ0v) is 17.3. The molecule has 2 aromatic carbocycles. The maximum absolute atomic E-state index is 12.8. The third kappa shape index (κ3) is 4.92. The van der Waals surface area contributed by atoms with Gasteiger partial charge in [-0.15, -0.1) is 0 Å². The van der Waals surface area contributed by atoms with Crippen molar-refractivity contribution in [1.29, 1.82) is 0 Å². The molecule has 156 valence electrons. The van der Waals surface area contributed by atoms with Gasteiger partial charge in [-0.05, 0) is 24.5 Å². The fourth-order valence-electron chi connectivity index (χ4n) is 2.91. The number of rotatable bonds is 7. The summed E-state index contributed by atoms with van der Waals surface area (Å²) in [5, 5.41) is 7.81. The minimum atomic E-state index is -0.750. The Hall–Kier alpha value is -3.48. The number of ether oxygens (including phenoxy) is 1. The van der Waals surface area contributed by atoms with Crippen LogP contribution >= 0.6 is 0 Å². The summed E-state index contributed by atoms with van der Waals surface area (Å²) in [6, 6.07) is 16.1. The Morgan fingerprint density at radius 2 is 1.63 bits per heavy atom. The molecular weight excluding hydrogens is 382 g/mol. The highest BCUT2D eigenvalue weighted by Gasteiger charge is 2.20. The molecule has 1 heterocycles. The predicted octanol–water partition coefficient (Wildman–Crippen LogP) is 2.76. The first-order valence-electron chi connectivity index (χ1n) is 9.87. The number of fused-ring (bicyclic) bond motifs is 1. The van der Waals surface area contributed by atoms with E-state index in [9.17, 15) is 14.4 Å². The van der Waals surface area contributed by atoms with Crippen LogP contribution in [0.4, 0.5) is 0 Å². The average molecular weight is 407 g/mol. The number of hydrogen-bond acceptors (Lipinski definition) is 5. The molecular formula is C23H25N3O4. The number of benzene rings is 2. The van der Waals surface area contributed by atoms with Crippen LogP contribution in [0.15, 0.2) is 59.4 Å². The van der Waals surface area contributed by atoms with Crippen molar-refractivity contribution >= 4 is 22.6 Å². The molecule has 0 saturated carbocycles. The number of nitrogens with one attached hydrogen (secondary N) is 1. The molecule has 0 radical (unpaired) electrons. The first kappa shape index (κ1) is 21.2. The van der Waals surface area contributed by atoms with Gasteiger partial charge in [0, 0.05) is 11.4 Å². The lowest BCUT2D eigenvalue weighted by atomic mass is 10.1. The van der Waals surface area contributed by atoms with Crippen LogP contribution in [0.1, 0.15) is 36.8 Å². The molecule has 1 aromatic heterocycles. The topological polar surface area (TPSA) is 90.3 Å². The number of nitrogens with zero attached hydrogens (tertiary/aromatic N) is 2. The number of aromatic nitrogens is 2. The summed E-state index contributed by atoms with van der Waals surface area (Å²) in [4.78, 5) is 37.6. The van der Waals surface area contributed by atoms with E-state index in [0.717, 1.165) is 5.56 Å². The second kappa shape index (κ2) is 9.35. The van der Waals surface area contributed by atoms with E-state index in [1.165, 1.54) is 4.68 Å². The largest absolute Gasteiger partial charge is 0.451 e. The number of carbonyl (C=O) groups excluding carboxylic acids is 2. The van der Waals surface area contributed by atoms with Gasteiger partial charge in [-0.25, -0.2) is 9.48 Å². The predicted molar refractivity (Wildman–Crippen MR) is 114 cm³/mol. The van der Waals surface area contributed by atoms with Gasteiger partial charge in [-0.2, -0.15) is 5.10 Å². The first-order chi connectivity index (χ1) is 14.4. The summed E-state index contributed by atoms with van der Waals surface area (Å²) < 4.78 is 6.44. The third-order valence-corrected chi connectivity index (χ3v) is 4.96. The summed E-state index contributed by atoms with van der Waals surface area (Å²) in [5.41, 5.74) is 0.587. The normalized spacial score (nSPS) is 12.0. The molecule has 3 rings (SSSR count). The standard InChI is InChI=1S/C23H25N3O4/c1-15(2)16(3)24-20(27)14-30-23(29)21-18-11-7-8-12-19(18)22(28)26(25-21)13-17-9-5-4-6-10-17/h4-12,15-16H,13-14H2,1-3H3,(H,24,27)/t16-/m0/s1. The Labute approximate surface area is 174 Å². The number of hydrogen-bond donors (Lipinski definition) is 1. The van der Waals surface area contributed by atoms with E-state index >= 15 is 0 Å². The van der Waals surface area contributed by atoms with Gasteiger partial charge in [-0.1, -0.05) is 62.4 Å². The second-order valence-corrected chi connectivity index (χ2v) is 7.52. The van der Waals surface area contributed by atoms with Crippen molar-refractivity contribution in [2.45, 2.75) is 33.4 Å². The molecule has 0 aliphatic carbocycles. The molecule has 0 spiro atoms. The van der Waals surface area contributed by atoms with Gasteiger partial charge in [0.05, 0.1) is 11.9 Å². The Morgan fingerprint density at radius 3 is 2.30 bits per heavy atom. The van der Waals surface area contributed by atoms with Gasteiger partial charge >= 0.3 is 5.97 Å². The zero-order chi connectivity index (χ0) is 21.7. The van der Waals surface area contributed by atoms with Crippen molar-refractivity contribution in [3.8, 4) is 0 Å². The van der Waals surface area contributed by atoms with E-state index < -0.39 is 12.6 Å². The molecule has 0 fully saturated rings. The van der Waals surface area contributed by atoms with Crippen molar-refractivity contribution in [3.05, 3.63) is 76.2 Å².